The molecule has 0 atom stereocenters. The van der Waals surface area contributed by atoms with Gasteiger partial charge in [-0.25, -0.2) is 9.59 Å². The first-order chi connectivity index (χ1) is 29.3. The Kier molecular flexibility index (Phi) is 25.2. The number of carbonyl (C=O) groups excluding carboxylic acids is 3. The number of hydrogen-bond donors (Lipinski definition) is 2. The first-order valence-corrected chi connectivity index (χ1v) is 20.4. The van der Waals surface area contributed by atoms with Crippen LogP contribution in [0.5, 0.6) is 34.5 Å². The van der Waals surface area contributed by atoms with Gasteiger partial charge in [-0.15, -0.1) is 0 Å². The van der Waals surface area contributed by atoms with E-state index in [9.17, 15) is 14.4 Å². The van der Waals surface area contributed by atoms with E-state index in [0.29, 0.717) is 24.7 Å². The van der Waals surface area contributed by atoms with E-state index >= 15 is 0 Å². The predicted octanol–water partition coefficient (Wildman–Crippen LogP) is 7.17. The van der Waals surface area contributed by atoms with Gasteiger partial charge in [-0.05, 0) is 138 Å². The standard InChI is InChI=1S/C20H24O4.C13H12O2.C11H14O4.C5H9BrO2.Na.H/c1-20(2,19(21)22-3)24-18-13-11-17(12-14-18)23-15-7-10-16-8-5-4-6-9-16;14-12-6-8-13(9-7-12)15-10-11-4-2-1-3-5-11;1-11(2,10(13)14-3)15-9-6-4-8(12)5-7-9;1-5(2,6)4(7)8-3;;/h4-6,8-9,11-14H,7,10,15H2,1-3H3;1-9,14H,10H2;4-7,12H,1-3H3;1-3H3;;/q;;;;+1;-1. The fraction of sp³-hybridized carbons (Fsp3) is 0.327. The third-order valence-corrected chi connectivity index (χ3v) is 8.56. The van der Waals surface area contributed by atoms with Crippen molar-refractivity contribution in [1.82, 2.24) is 0 Å². The molecule has 0 spiro atoms. The van der Waals surface area contributed by atoms with Gasteiger partial charge in [-0.2, -0.15) is 0 Å². The van der Waals surface area contributed by atoms with Crippen LogP contribution < -0.4 is 48.5 Å². The topological polar surface area (TPSA) is 156 Å². The van der Waals surface area contributed by atoms with Gasteiger partial charge >= 0.3 is 47.5 Å². The zero-order valence-corrected chi connectivity index (χ0v) is 41.5. The van der Waals surface area contributed by atoms with Crippen molar-refractivity contribution in [2.24, 2.45) is 0 Å². The Morgan fingerprint density at radius 2 is 0.857 bits per heavy atom. The number of ether oxygens (including phenoxy) is 7. The maximum absolute atomic E-state index is 11.6. The van der Waals surface area contributed by atoms with Gasteiger partial charge in [0.25, 0.3) is 0 Å². The van der Waals surface area contributed by atoms with E-state index in [-0.39, 0.29) is 48.5 Å². The molecule has 0 radical (unpaired) electrons. The van der Waals surface area contributed by atoms with Gasteiger partial charge in [-0.3, -0.25) is 4.79 Å². The second kappa shape index (κ2) is 28.5. The molecule has 0 heterocycles. The van der Waals surface area contributed by atoms with Gasteiger partial charge in [0.2, 0.25) is 0 Å². The van der Waals surface area contributed by atoms with E-state index in [1.807, 2.05) is 60.7 Å². The third-order valence-electron chi connectivity index (χ3n) is 8.24. The van der Waals surface area contributed by atoms with Crippen LogP contribution in [-0.2, 0) is 41.6 Å². The average molecular weight is 944 g/mol. The van der Waals surface area contributed by atoms with Crippen LogP contribution in [-0.4, -0.2) is 71.6 Å². The molecule has 0 fully saturated rings. The van der Waals surface area contributed by atoms with Crippen molar-refractivity contribution < 1.29 is 88.7 Å². The van der Waals surface area contributed by atoms with Crippen LogP contribution >= 0.6 is 15.9 Å². The van der Waals surface area contributed by atoms with Crippen LogP contribution in [0.25, 0.3) is 0 Å². The smallest absolute Gasteiger partial charge is 1.00 e. The molecule has 0 saturated carbocycles. The Morgan fingerprint density at radius 3 is 1.24 bits per heavy atom. The van der Waals surface area contributed by atoms with E-state index < -0.39 is 27.5 Å². The Bertz CT molecular complexity index is 2040. The number of aryl methyl sites for hydroxylation is 1. The summed E-state index contributed by atoms with van der Waals surface area (Å²) in [5, 5.41) is 18.1. The fourth-order valence-electron chi connectivity index (χ4n) is 4.92. The Hall–Kier alpha value is -5.21. The third kappa shape index (κ3) is 22.6. The molecule has 5 rings (SSSR count). The van der Waals surface area contributed by atoms with E-state index in [1.54, 1.807) is 90.1 Å². The summed E-state index contributed by atoms with van der Waals surface area (Å²) < 4.78 is 35.6. The van der Waals surface area contributed by atoms with Gasteiger partial charge in [0.1, 0.15) is 45.4 Å². The van der Waals surface area contributed by atoms with Gasteiger partial charge in [0, 0.05) is 0 Å². The molecule has 5 aromatic carbocycles. The number of carbonyl (C=O) groups is 3. The molecule has 0 aliphatic heterocycles. The number of rotatable bonds is 15. The van der Waals surface area contributed by atoms with Crippen LogP contribution in [0.2, 0.25) is 0 Å². The summed E-state index contributed by atoms with van der Waals surface area (Å²) >= 11 is 3.13. The SMILES string of the molecule is COC(=O)C(C)(C)Br.COC(=O)C(C)(C)Oc1ccc(O)cc1.COC(=O)C(C)(C)Oc1ccc(OCCCc2ccccc2)cc1.Oc1ccc(OCc2ccccc2)cc1.[H-].[Na+]. The van der Waals surface area contributed by atoms with Crippen molar-refractivity contribution in [2.75, 3.05) is 27.9 Å². The zero-order chi connectivity index (χ0) is 46.2. The van der Waals surface area contributed by atoms with Crippen molar-refractivity contribution in [1.29, 1.82) is 0 Å². The molecule has 0 aromatic heterocycles. The number of benzene rings is 5. The quantitative estimate of drug-likeness (QED) is 0.0359. The molecule has 5 aromatic rings. The largest absolute Gasteiger partial charge is 1.00 e. The fourth-order valence-corrected chi connectivity index (χ4v) is 5.08. The minimum atomic E-state index is -1.04. The second-order valence-corrected chi connectivity index (χ2v) is 16.8. The predicted molar refractivity (Wildman–Crippen MR) is 243 cm³/mol. The zero-order valence-electron chi connectivity index (χ0n) is 38.9. The van der Waals surface area contributed by atoms with Crippen molar-refractivity contribution in [3.05, 3.63) is 145 Å². The molecular weight excluding hydrogens is 883 g/mol. The van der Waals surface area contributed by atoms with E-state index in [0.717, 1.165) is 29.9 Å². The normalized spacial score (nSPS) is 10.5. The van der Waals surface area contributed by atoms with Crippen LogP contribution in [0.3, 0.4) is 0 Å². The molecule has 14 heteroatoms. The summed E-state index contributed by atoms with van der Waals surface area (Å²) in [7, 11) is 4.02. The maximum atomic E-state index is 11.6. The van der Waals surface area contributed by atoms with Crippen LogP contribution in [0, 0.1) is 0 Å². The Labute approximate surface area is 403 Å². The molecule has 0 unspecified atom stereocenters. The summed E-state index contributed by atoms with van der Waals surface area (Å²) in [6.07, 6.45) is 1.95. The molecule has 0 saturated heterocycles. The molecule has 0 aliphatic carbocycles. The van der Waals surface area contributed by atoms with Gasteiger partial charge in [-0.1, -0.05) is 76.6 Å². The van der Waals surface area contributed by atoms with Crippen molar-refractivity contribution in [3.63, 3.8) is 0 Å². The van der Waals surface area contributed by atoms with Crippen LogP contribution in [0.1, 0.15) is 60.5 Å². The van der Waals surface area contributed by atoms with Crippen molar-refractivity contribution >= 4 is 33.8 Å². The summed E-state index contributed by atoms with van der Waals surface area (Å²) in [5.41, 5.74) is 0.388. The number of alkyl halides is 1. The van der Waals surface area contributed by atoms with Gasteiger partial charge in [0.15, 0.2) is 11.2 Å². The van der Waals surface area contributed by atoms with E-state index in [2.05, 4.69) is 37.5 Å². The van der Waals surface area contributed by atoms with Crippen molar-refractivity contribution in [3.8, 4) is 34.5 Å². The molecule has 2 N–H and O–H groups in total. The number of aromatic hydroxyl groups is 2. The number of phenols is 2. The number of hydrogen-bond acceptors (Lipinski definition) is 12. The summed E-state index contributed by atoms with van der Waals surface area (Å²) in [6.45, 7) is 11.3. The molecule has 336 valence electrons. The molecule has 0 aliphatic rings. The molecule has 12 nitrogen and oxygen atoms in total. The summed E-state index contributed by atoms with van der Waals surface area (Å²) in [6, 6.07) is 40.4. The summed E-state index contributed by atoms with van der Waals surface area (Å²) in [5.74, 6) is 1.94. The molecule has 0 amide bonds. The molecule has 0 bridgehead atoms. The van der Waals surface area contributed by atoms with Crippen molar-refractivity contribution in [2.45, 2.75) is 76.5 Å². The first kappa shape index (κ1) is 55.8. The minimum absolute atomic E-state index is 0. The number of halogens is 1. The van der Waals surface area contributed by atoms with Crippen LogP contribution in [0.15, 0.2) is 133 Å². The number of esters is 3. The Morgan fingerprint density at radius 1 is 0.508 bits per heavy atom. The number of methoxy groups -OCH3 is 3. The van der Waals surface area contributed by atoms with Gasteiger partial charge in [0.05, 0.1) is 27.9 Å². The maximum Gasteiger partial charge on any atom is 1.00 e. The first-order valence-electron chi connectivity index (χ1n) is 19.6. The summed E-state index contributed by atoms with van der Waals surface area (Å²) in [4.78, 5) is 33.5. The van der Waals surface area contributed by atoms with Crippen LogP contribution in [0.4, 0.5) is 0 Å². The number of phenolic OH excluding ortho intramolecular Hbond substituents is 2. The monoisotopic (exact) mass is 942 g/mol. The Balaban J connectivity index is 0.000000871. The average Bonchev–Trinajstić information content (AvgIpc) is 3.26. The minimum Gasteiger partial charge on any atom is -1.00 e. The van der Waals surface area contributed by atoms with Gasteiger partial charge < -0.3 is 44.8 Å². The van der Waals surface area contributed by atoms with E-state index in [1.165, 1.54) is 39.0 Å². The molecular formula is C49H60BrNaO12. The molecule has 63 heavy (non-hydrogen) atoms. The van der Waals surface area contributed by atoms with E-state index in [4.69, 9.17) is 33.9 Å². The second-order valence-electron chi connectivity index (χ2n) is 14.8.